The minimum absolute atomic E-state index is 0.105. The van der Waals surface area contributed by atoms with Crippen LogP contribution in [0.5, 0.6) is 0 Å². The first kappa shape index (κ1) is 17.8. The summed E-state index contributed by atoms with van der Waals surface area (Å²) in [5.74, 6) is -0.235. The van der Waals surface area contributed by atoms with Gasteiger partial charge in [0.2, 0.25) is 11.8 Å². The van der Waals surface area contributed by atoms with Crippen LogP contribution in [0.2, 0.25) is 0 Å². The van der Waals surface area contributed by atoms with E-state index in [0.717, 1.165) is 24.0 Å². The average Bonchev–Trinajstić information content (AvgIpc) is 3.33. The van der Waals surface area contributed by atoms with E-state index in [2.05, 4.69) is 10.6 Å². The summed E-state index contributed by atoms with van der Waals surface area (Å²) >= 11 is 0. The number of hydrogen-bond acceptors (Lipinski definition) is 5. The van der Waals surface area contributed by atoms with E-state index in [1.165, 1.54) is 0 Å². The van der Waals surface area contributed by atoms with Crippen molar-refractivity contribution in [2.24, 2.45) is 0 Å². The van der Waals surface area contributed by atoms with Crippen LogP contribution in [-0.2, 0) is 30.3 Å². The lowest BCUT2D eigenvalue weighted by molar-refractivity contribution is -0.130. The van der Waals surface area contributed by atoms with Gasteiger partial charge in [-0.05, 0) is 24.5 Å². The summed E-state index contributed by atoms with van der Waals surface area (Å²) in [6.07, 6.45) is 1.24. The minimum Gasteiger partial charge on any atom is -0.368 e. The largest absolute Gasteiger partial charge is 0.368 e. The molecule has 0 aliphatic carbocycles. The summed E-state index contributed by atoms with van der Waals surface area (Å²) < 4.78 is 16.3. The second-order valence-electron chi connectivity index (χ2n) is 6.14. The summed E-state index contributed by atoms with van der Waals surface area (Å²) in [6, 6.07) is 7.78. The van der Waals surface area contributed by atoms with E-state index in [-0.39, 0.29) is 30.6 Å². The molecule has 2 aliphatic rings. The van der Waals surface area contributed by atoms with Crippen molar-refractivity contribution in [3.05, 3.63) is 35.4 Å². The lowest BCUT2D eigenvalue weighted by atomic mass is 10.1. The Bertz CT molecular complexity index is 595. The lowest BCUT2D eigenvalue weighted by Gasteiger charge is -2.12. The molecule has 136 valence electrons. The average molecular weight is 348 g/mol. The summed E-state index contributed by atoms with van der Waals surface area (Å²) in [4.78, 5) is 23.7. The van der Waals surface area contributed by atoms with Crippen LogP contribution >= 0.6 is 0 Å². The van der Waals surface area contributed by atoms with Crippen molar-refractivity contribution in [2.75, 3.05) is 26.4 Å². The second-order valence-corrected chi connectivity index (χ2v) is 6.14. The Balaban J connectivity index is 1.37. The predicted octanol–water partition coefficient (Wildman–Crippen LogP) is 1.03. The Morgan fingerprint density at radius 1 is 1.08 bits per heavy atom. The molecule has 7 heteroatoms. The molecule has 1 atom stereocenters. The fourth-order valence-corrected chi connectivity index (χ4v) is 2.89. The van der Waals surface area contributed by atoms with Crippen molar-refractivity contribution < 1.29 is 23.8 Å². The highest BCUT2D eigenvalue weighted by Crippen LogP contribution is 2.23. The van der Waals surface area contributed by atoms with Gasteiger partial charge in [-0.1, -0.05) is 18.2 Å². The van der Waals surface area contributed by atoms with E-state index in [1.54, 1.807) is 0 Å². The third kappa shape index (κ3) is 5.26. The van der Waals surface area contributed by atoms with E-state index in [0.29, 0.717) is 32.9 Å². The molecule has 1 aromatic rings. The summed E-state index contributed by atoms with van der Waals surface area (Å²) in [5.41, 5.74) is 1.93. The van der Waals surface area contributed by atoms with Crippen LogP contribution in [0.1, 0.15) is 36.7 Å². The molecule has 2 fully saturated rings. The molecule has 2 heterocycles. The molecule has 0 saturated carbocycles. The highest BCUT2D eigenvalue weighted by atomic mass is 16.7. The molecule has 2 aliphatic heterocycles. The lowest BCUT2D eigenvalue weighted by Crippen LogP contribution is -2.36. The molecule has 1 aromatic carbocycles. The summed E-state index contributed by atoms with van der Waals surface area (Å²) in [5, 5.41) is 5.60. The standard InChI is InChI=1S/C18H24N2O5/c21-16(6-7-19-17(22)15-5-2-8-23-15)20-12-13-3-1-4-14(11-13)18-24-9-10-25-18/h1,3-4,11,15,18H,2,5-10,12H2,(H,19,22)(H,20,21). The molecule has 0 aromatic heterocycles. The van der Waals surface area contributed by atoms with Gasteiger partial charge in [-0.3, -0.25) is 9.59 Å². The van der Waals surface area contributed by atoms with Crippen molar-refractivity contribution >= 4 is 11.8 Å². The third-order valence-electron chi connectivity index (χ3n) is 4.21. The van der Waals surface area contributed by atoms with Crippen molar-refractivity contribution in [3.63, 3.8) is 0 Å². The van der Waals surface area contributed by atoms with Gasteiger partial charge >= 0.3 is 0 Å². The van der Waals surface area contributed by atoms with Crippen LogP contribution in [0.25, 0.3) is 0 Å². The second kappa shape index (κ2) is 8.94. The molecule has 25 heavy (non-hydrogen) atoms. The number of nitrogens with one attached hydrogen (secondary N) is 2. The summed E-state index contributed by atoms with van der Waals surface area (Å²) in [7, 11) is 0. The highest BCUT2D eigenvalue weighted by Gasteiger charge is 2.23. The zero-order valence-electron chi connectivity index (χ0n) is 14.2. The number of benzene rings is 1. The highest BCUT2D eigenvalue weighted by molar-refractivity contribution is 5.82. The number of rotatable bonds is 7. The molecular formula is C18H24N2O5. The molecular weight excluding hydrogens is 324 g/mol. The molecule has 3 rings (SSSR count). The van der Waals surface area contributed by atoms with Crippen molar-refractivity contribution in [2.45, 2.75) is 38.2 Å². The van der Waals surface area contributed by atoms with Crippen LogP contribution in [0, 0.1) is 0 Å². The van der Waals surface area contributed by atoms with E-state index in [9.17, 15) is 9.59 Å². The molecule has 1 unspecified atom stereocenters. The van der Waals surface area contributed by atoms with Gasteiger partial charge in [0.15, 0.2) is 6.29 Å². The van der Waals surface area contributed by atoms with Gasteiger partial charge in [0.1, 0.15) is 6.10 Å². The molecule has 0 radical (unpaired) electrons. The Hall–Kier alpha value is -1.96. The van der Waals surface area contributed by atoms with E-state index in [4.69, 9.17) is 14.2 Å². The smallest absolute Gasteiger partial charge is 0.249 e. The van der Waals surface area contributed by atoms with Gasteiger partial charge in [0.25, 0.3) is 0 Å². The van der Waals surface area contributed by atoms with Crippen LogP contribution < -0.4 is 10.6 Å². The number of carbonyl (C=O) groups excluding carboxylic acids is 2. The van der Waals surface area contributed by atoms with Crippen molar-refractivity contribution in [1.29, 1.82) is 0 Å². The zero-order valence-corrected chi connectivity index (χ0v) is 14.2. The number of hydrogen-bond donors (Lipinski definition) is 2. The first-order valence-electron chi connectivity index (χ1n) is 8.70. The van der Waals surface area contributed by atoms with Crippen LogP contribution in [0.3, 0.4) is 0 Å². The van der Waals surface area contributed by atoms with Crippen molar-refractivity contribution in [3.8, 4) is 0 Å². The van der Waals surface area contributed by atoms with Gasteiger partial charge < -0.3 is 24.8 Å². The Kier molecular flexibility index (Phi) is 6.38. The Labute approximate surface area is 147 Å². The molecule has 7 nitrogen and oxygen atoms in total. The Morgan fingerprint density at radius 2 is 1.92 bits per heavy atom. The Morgan fingerprint density at radius 3 is 2.68 bits per heavy atom. The van der Waals surface area contributed by atoms with Crippen molar-refractivity contribution in [1.82, 2.24) is 10.6 Å². The third-order valence-corrected chi connectivity index (χ3v) is 4.21. The SMILES string of the molecule is O=C(CCNC(=O)C1CCCO1)NCc1cccc(C2OCCO2)c1. The minimum atomic E-state index is -0.356. The van der Waals surface area contributed by atoms with Gasteiger partial charge in [-0.2, -0.15) is 0 Å². The van der Waals surface area contributed by atoms with Crippen LogP contribution in [0.4, 0.5) is 0 Å². The maximum atomic E-state index is 11.9. The zero-order chi connectivity index (χ0) is 17.5. The fourth-order valence-electron chi connectivity index (χ4n) is 2.89. The van der Waals surface area contributed by atoms with Gasteiger partial charge in [0, 0.05) is 31.7 Å². The fraction of sp³-hybridized carbons (Fsp3) is 0.556. The van der Waals surface area contributed by atoms with Crippen LogP contribution in [-0.4, -0.2) is 44.3 Å². The van der Waals surface area contributed by atoms with Gasteiger partial charge in [0.05, 0.1) is 13.2 Å². The quantitative estimate of drug-likeness (QED) is 0.769. The maximum absolute atomic E-state index is 11.9. The first-order chi connectivity index (χ1) is 12.2. The van der Waals surface area contributed by atoms with E-state index in [1.807, 2.05) is 24.3 Å². The number of ether oxygens (including phenoxy) is 3. The number of amides is 2. The first-order valence-corrected chi connectivity index (χ1v) is 8.70. The van der Waals surface area contributed by atoms with Gasteiger partial charge in [-0.25, -0.2) is 0 Å². The molecule has 0 spiro atoms. The number of carbonyl (C=O) groups is 2. The molecule has 2 amide bonds. The molecule has 2 N–H and O–H groups in total. The van der Waals surface area contributed by atoms with E-state index >= 15 is 0 Å². The van der Waals surface area contributed by atoms with Gasteiger partial charge in [-0.15, -0.1) is 0 Å². The topological polar surface area (TPSA) is 85.9 Å². The molecule has 2 saturated heterocycles. The normalized spacial score (nSPS) is 20.6. The molecule has 0 bridgehead atoms. The maximum Gasteiger partial charge on any atom is 0.249 e. The summed E-state index contributed by atoms with van der Waals surface area (Å²) in [6.45, 7) is 2.58. The predicted molar refractivity (Wildman–Crippen MR) is 89.5 cm³/mol. The monoisotopic (exact) mass is 348 g/mol. The van der Waals surface area contributed by atoms with E-state index < -0.39 is 0 Å². The van der Waals surface area contributed by atoms with Crippen LogP contribution in [0.15, 0.2) is 24.3 Å².